The Hall–Kier alpha value is -3.07. The number of thiophene rings is 1. The van der Waals surface area contributed by atoms with Gasteiger partial charge in [-0.05, 0) is 24.4 Å². The first-order valence-electron chi connectivity index (χ1n) is 7.42. The molecule has 0 spiro atoms. The highest BCUT2D eigenvalue weighted by Gasteiger charge is 2.14. The van der Waals surface area contributed by atoms with E-state index >= 15 is 0 Å². The van der Waals surface area contributed by atoms with Crippen molar-refractivity contribution in [2.24, 2.45) is 0 Å². The molecule has 25 heavy (non-hydrogen) atoms. The lowest BCUT2D eigenvalue weighted by atomic mass is 10.2. The minimum Gasteiger partial charge on any atom is -0.347 e. The van der Waals surface area contributed by atoms with Crippen LogP contribution in [0.25, 0.3) is 10.9 Å². The molecule has 0 aliphatic carbocycles. The van der Waals surface area contributed by atoms with Crippen molar-refractivity contribution < 1.29 is 9.72 Å². The smallest absolute Gasteiger partial charge is 0.270 e. The van der Waals surface area contributed by atoms with Crippen molar-refractivity contribution in [2.45, 2.75) is 19.5 Å². The van der Waals surface area contributed by atoms with Crippen molar-refractivity contribution in [1.82, 2.24) is 14.9 Å². The molecule has 2 aromatic heterocycles. The van der Waals surface area contributed by atoms with Gasteiger partial charge in [-0.1, -0.05) is 6.07 Å². The van der Waals surface area contributed by atoms with E-state index in [2.05, 4.69) is 10.3 Å². The first-order chi connectivity index (χ1) is 12.0. The summed E-state index contributed by atoms with van der Waals surface area (Å²) in [5, 5.41) is 15.7. The predicted octanol–water partition coefficient (Wildman–Crippen LogP) is 2.24. The van der Waals surface area contributed by atoms with E-state index in [1.165, 1.54) is 35.9 Å². The second kappa shape index (κ2) is 6.81. The summed E-state index contributed by atoms with van der Waals surface area (Å²) in [5.41, 5.74) is -0.341. The van der Waals surface area contributed by atoms with Crippen molar-refractivity contribution in [3.8, 4) is 0 Å². The molecule has 0 saturated heterocycles. The van der Waals surface area contributed by atoms with Gasteiger partial charge in [-0.3, -0.25) is 24.3 Å². The van der Waals surface area contributed by atoms with Crippen LogP contribution in [0.4, 0.5) is 5.69 Å². The average Bonchev–Trinajstić information content (AvgIpc) is 3.12. The van der Waals surface area contributed by atoms with Gasteiger partial charge < -0.3 is 5.32 Å². The molecule has 1 aromatic carbocycles. The fraction of sp³-hybridized carbons (Fsp3) is 0.188. The molecule has 3 aromatic rings. The minimum absolute atomic E-state index is 0.107. The van der Waals surface area contributed by atoms with E-state index in [0.717, 1.165) is 9.44 Å². The lowest BCUT2D eigenvalue weighted by Crippen LogP contribution is -2.33. The lowest BCUT2D eigenvalue weighted by Gasteiger charge is -2.13. The van der Waals surface area contributed by atoms with Crippen LogP contribution in [0.1, 0.15) is 17.8 Å². The molecule has 0 bridgehead atoms. The van der Waals surface area contributed by atoms with Gasteiger partial charge in [0.2, 0.25) is 5.91 Å². The summed E-state index contributed by atoms with van der Waals surface area (Å²) in [5.74, 6) is -0.338. The van der Waals surface area contributed by atoms with Gasteiger partial charge in [0.15, 0.2) is 0 Å². The normalized spacial score (nSPS) is 12.0. The number of carbonyl (C=O) groups excluding carboxylic acids is 1. The maximum absolute atomic E-state index is 12.5. The number of nitrogens with one attached hydrogen (secondary N) is 1. The van der Waals surface area contributed by atoms with Crippen LogP contribution in [0.2, 0.25) is 0 Å². The standard InChI is InChI=1S/C16H14N4O4S/c1-10(14-3-2-6-25-14)18-15(21)8-19-9-17-13-5-4-11(20(23)24)7-12(13)16(19)22/h2-7,9-10H,8H2,1H3,(H,18,21)/t10-/m1/s1. The van der Waals surface area contributed by atoms with Crippen molar-refractivity contribution in [2.75, 3.05) is 0 Å². The molecule has 3 rings (SSSR count). The molecular formula is C16H14N4O4S. The Bertz CT molecular complexity index is 997. The van der Waals surface area contributed by atoms with Gasteiger partial charge in [0.05, 0.1) is 28.2 Å². The van der Waals surface area contributed by atoms with Crippen LogP contribution in [0, 0.1) is 10.1 Å². The molecule has 0 fully saturated rings. The van der Waals surface area contributed by atoms with Gasteiger partial charge in [0, 0.05) is 17.0 Å². The number of aromatic nitrogens is 2. The van der Waals surface area contributed by atoms with Crippen LogP contribution in [0.15, 0.2) is 46.8 Å². The maximum atomic E-state index is 12.5. The third kappa shape index (κ3) is 3.56. The summed E-state index contributed by atoms with van der Waals surface area (Å²) in [6, 6.07) is 7.52. The lowest BCUT2D eigenvalue weighted by molar-refractivity contribution is -0.384. The van der Waals surface area contributed by atoms with Crippen LogP contribution in [0.3, 0.4) is 0 Å². The van der Waals surface area contributed by atoms with E-state index in [9.17, 15) is 19.7 Å². The van der Waals surface area contributed by atoms with Gasteiger partial charge in [-0.2, -0.15) is 0 Å². The Morgan fingerprint density at radius 2 is 2.24 bits per heavy atom. The largest absolute Gasteiger partial charge is 0.347 e. The number of fused-ring (bicyclic) bond motifs is 1. The van der Waals surface area contributed by atoms with Crippen LogP contribution in [-0.4, -0.2) is 20.4 Å². The molecule has 9 heteroatoms. The summed E-state index contributed by atoms with van der Waals surface area (Å²) in [6.45, 7) is 1.65. The number of hydrogen-bond acceptors (Lipinski definition) is 6. The first-order valence-corrected chi connectivity index (χ1v) is 8.30. The Labute approximate surface area is 145 Å². The summed E-state index contributed by atoms with van der Waals surface area (Å²) >= 11 is 1.53. The quantitative estimate of drug-likeness (QED) is 0.556. The van der Waals surface area contributed by atoms with Crippen molar-refractivity contribution >= 4 is 33.8 Å². The number of amides is 1. The summed E-state index contributed by atoms with van der Waals surface area (Å²) < 4.78 is 1.14. The van der Waals surface area contributed by atoms with Gasteiger partial charge in [-0.15, -0.1) is 11.3 Å². The van der Waals surface area contributed by atoms with E-state index < -0.39 is 10.5 Å². The predicted molar refractivity (Wildman–Crippen MR) is 93.5 cm³/mol. The molecule has 0 aliphatic heterocycles. The van der Waals surface area contributed by atoms with Crippen LogP contribution in [-0.2, 0) is 11.3 Å². The number of nitrogens with zero attached hydrogens (tertiary/aromatic N) is 3. The highest BCUT2D eigenvalue weighted by molar-refractivity contribution is 7.10. The third-order valence-corrected chi connectivity index (χ3v) is 4.73. The van der Waals surface area contributed by atoms with Gasteiger partial charge in [0.25, 0.3) is 11.2 Å². The molecular weight excluding hydrogens is 344 g/mol. The van der Waals surface area contributed by atoms with E-state index in [1.54, 1.807) is 0 Å². The number of carbonyl (C=O) groups is 1. The molecule has 0 saturated carbocycles. The molecule has 8 nitrogen and oxygen atoms in total. The molecule has 0 radical (unpaired) electrons. The second-order valence-corrected chi connectivity index (χ2v) is 6.42. The molecule has 0 unspecified atom stereocenters. The van der Waals surface area contributed by atoms with Crippen molar-refractivity contribution in [3.05, 3.63) is 67.4 Å². The van der Waals surface area contributed by atoms with Gasteiger partial charge in [0.1, 0.15) is 6.54 Å². The molecule has 0 aliphatic rings. The van der Waals surface area contributed by atoms with Crippen molar-refractivity contribution in [3.63, 3.8) is 0 Å². The van der Waals surface area contributed by atoms with Crippen LogP contribution >= 0.6 is 11.3 Å². The summed E-state index contributed by atoms with van der Waals surface area (Å²) in [6.07, 6.45) is 1.27. The zero-order chi connectivity index (χ0) is 18.0. The Kier molecular flexibility index (Phi) is 4.57. The zero-order valence-electron chi connectivity index (χ0n) is 13.2. The highest BCUT2D eigenvalue weighted by atomic mass is 32.1. The van der Waals surface area contributed by atoms with Crippen LogP contribution < -0.4 is 10.9 Å². The Morgan fingerprint density at radius 1 is 1.44 bits per heavy atom. The summed E-state index contributed by atoms with van der Waals surface area (Å²) in [7, 11) is 0. The molecule has 1 N–H and O–H groups in total. The van der Waals surface area contributed by atoms with Crippen molar-refractivity contribution in [1.29, 1.82) is 0 Å². The average molecular weight is 358 g/mol. The minimum atomic E-state index is -0.578. The monoisotopic (exact) mass is 358 g/mol. The highest BCUT2D eigenvalue weighted by Crippen LogP contribution is 2.18. The fourth-order valence-electron chi connectivity index (χ4n) is 2.42. The Morgan fingerprint density at radius 3 is 2.92 bits per heavy atom. The topological polar surface area (TPSA) is 107 Å². The molecule has 1 amide bonds. The number of nitro groups is 1. The maximum Gasteiger partial charge on any atom is 0.270 e. The number of benzene rings is 1. The van der Waals surface area contributed by atoms with Gasteiger partial charge >= 0.3 is 0 Å². The molecule has 1 atom stereocenters. The Balaban J connectivity index is 1.83. The van der Waals surface area contributed by atoms with Crippen LogP contribution in [0.5, 0.6) is 0 Å². The third-order valence-electron chi connectivity index (χ3n) is 3.68. The fourth-order valence-corrected chi connectivity index (χ4v) is 3.16. The van der Waals surface area contributed by atoms with E-state index in [-0.39, 0.29) is 29.6 Å². The van der Waals surface area contributed by atoms with Gasteiger partial charge in [-0.25, -0.2) is 4.98 Å². The SMILES string of the molecule is C[C@@H](NC(=O)Cn1cnc2ccc([N+](=O)[O-])cc2c1=O)c1cccs1. The number of nitro benzene ring substituents is 1. The van der Waals surface area contributed by atoms with E-state index in [4.69, 9.17) is 0 Å². The zero-order valence-corrected chi connectivity index (χ0v) is 14.0. The first kappa shape index (κ1) is 16.8. The molecule has 2 heterocycles. The number of non-ortho nitro benzene ring substituents is 1. The summed E-state index contributed by atoms with van der Waals surface area (Å²) in [4.78, 5) is 40.0. The van der Waals surface area contributed by atoms with E-state index in [0.29, 0.717) is 5.52 Å². The number of hydrogen-bond donors (Lipinski definition) is 1. The number of rotatable bonds is 5. The molecule has 128 valence electrons. The van der Waals surface area contributed by atoms with E-state index in [1.807, 2.05) is 24.4 Å². The second-order valence-electron chi connectivity index (χ2n) is 5.44.